The van der Waals surface area contributed by atoms with Crippen LogP contribution in [0, 0.1) is 5.92 Å². The number of amides is 1. The van der Waals surface area contributed by atoms with Gasteiger partial charge in [-0.05, 0) is 43.9 Å². The predicted octanol–water partition coefficient (Wildman–Crippen LogP) is 5.08. The Morgan fingerprint density at radius 2 is 1.84 bits per heavy atom. The molecule has 1 aliphatic heterocycles. The van der Waals surface area contributed by atoms with Crippen LogP contribution < -0.4 is 4.90 Å². The highest BCUT2D eigenvalue weighted by atomic mass is 32.2. The van der Waals surface area contributed by atoms with E-state index in [0.717, 1.165) is 44.1 Å². The van der Waals surface area contributed by atoms with Gasteiger partial charge in [-0.3, -0.25) is 4.79 Å². The van der Waals surface area contributed by atoms with Gasteiger partial charge in [0.15, 0.2) is 0 Å². The van der Waals surface area contributed by atoms with Crippen LogP contribution in [-0.2, 0) is 4.79 Å². The smallest absolute Gasteiger partial charge is 0.223 e. The zero-order valence-corrected chi connectivity index (χ0v) is 16.6. The molecule has 1 atom stereocenters. The summed E-state index contributed by atoms with van der Waals surface area (Å²) in [5.41, 5.74) is 2.54. The van der Waals surface area contributed by atoms with Crippen LogP contribution >= 0.6 is 11.8 Å². The van der Waals surface area contributed by atoms with Crippen LogP contribution in [-0.4, -0.2) is 36.2 Å². The molecule has 2 aliphatic rings. The number of rotatable bonds is 7. The summed E-state index contributed by atoms with van der Waals surface area (Å²) in [6.07, 6.45) is 7.21. The molecule has 0 N–H and O–H groups in total. The fourth-order valence-corrected chi connectivity index (χ4v) is 5.49. The number of thioether (sulfide) groups is 1. The van der Waals surface area contributed by atoms with Gasteiger partial charge < -0.3 is 9.80 Å². The Bertz CT molecular complexity index is 550. The standard InChI is InChI=1S/C21H32N2OS/c1-3-22(4-2)19-12-10-18(11-13-19)21-23(15-16-25-21)20(24)14-9-17-7-5-6-8-17/h10-13,17,21H,3-9,14-16H2,1-2H3. The molecule has 1 amide bonds. The second-order valence-corrected chi connectivity index (χ2v) is 8.45. The number of anilines is 1. The first-order valence-corrected chi connectivity index (χ1v) is 11.0. The monoisotopic (exact) mass is 360 g/mol. The van der Waals surface area contributed by atoms with E-state index in [1.165, 1.54) is 36.9 Å². The third kappa shape index (κ3) is 4.52. The Hall–Kier alpha value is -1.16. The van der Waals surface area contributed by atoms with Crippen LogP contribution in [0.5, 0.6) is 0 Å². The molecule has 1 unspecified atom stereocenters. The van der Waals surface area contributed by atoms with Crippen LogP contribution in [0.3, 0.4) is 0 Å². The molecule has 3 nitrogen and oxygen atoms in total. The average Bonchev–Trinajstić information content (AvgIpc) is 3.33. The van der Waals surface area contributed by atoms with Gasteiger partial charge in [-0.2, -0.15) is 0 Å². The molecule has 0 spiro atoms. The summed E-state index contributed by atoms with van der Waals surface area (Å²) in [7, 11) is 0. The zero-order chi connectivity index (χ0) is 17.6. The highest BCUT2D eigenvalue weighted by molar-refractivity contribution is 7.99. The summed E-state index contributed by atoms with van der Waals surface area (Å²) in [6.45, 7) is 7.33. The first-order chi connectivity index (χ1) is 12.2. The van der Waals surface area contributed by atoms with Crippen molar-refractivity contribution in [2.24, 2.45) is 5.92 Å². The van der Waals surface area contributed by atoms with Crippen LogP contribution in [0.15, 0.2) is 24.3 Å². The van der Waals surface area contributed by atoms with E-state index in [9.17, 15) is 4.79 Å². The lowest BCUT2D eigenvalue weighted by molar-refractivity contribution is -0.131. The van der Waals surface area contributed by atoms with Crippen molar-refractivity contribution in [3.8, 4) is 0 Å². The van der Waals surface area contributed by atoms with Crippen LogP contribution in [0.1, 0.15) is 63.3 Å². The highest BCUT2D eigenvalue weighted by Gasteiger charge is 2.30. The minimum Gasteiger partial charge on any atom is -0.372 e. The second-order valence-electron chi connectivity index (χ2n) is 7.26. The van der Waals surface area contributed by atoms with Crippen molar-refractivity contribution in [3.63, 3.8) is 0 Å². The van der Waals surface area contributed by atoms with Crippen molar-refractivity contribution in [3.05, 3.63) is 29.8 Å². The summed E-state index contributed by atoms with van der Waals surface area (Å²) < 4.78 is 0. The Labute approximate surface area is 157 Å². The van der Waals surface area contributed by atoms with Gasteiger partial charge in [0.25, 0.3) is 0 Å². The van der Waals surface area contributed by atoms with Crippen molar-refractivity contribution in [2.75, 3.05) is 30.3 Å². The lowest BCUT2D eigenvalue weighted by Crippen LogP contribution is -2.30. The van der Waals surface area contributed by atoms with Gasteiger partial charge in [-0.1, -0.05) is 37.8 Å². The van der Waals surface area contributed by atoms with Crippen molar-refractivity contribution >= 4 is 23.4 Å². The molecule has 2 fully saturated rings. The summed E-state index contributed by atoms with van der Waals surface area (Å²) >= 11 is 1.91. The van der Waals surface area contributed by atoms with Crippen molar-refractivity contribution in [2.45, 2.75) is 57.7 Å². The normalized spacial score (nSPS) is 21.0. The first kappa shape index (κ1) is 18.6. The Morgan fingerprint density at radius 3 is 2.48 bits per heavy atom. The lowest BCUT2D eigenvalue weighted by atomic mass is 10.0. The first-order valence-electron chi connectivity index (χ1n) is 9.99. The lowest BCUT2D eigenvalue weighted by Gasteiger charge is -2.26. The molecule has 0 radical (unpaired) electrons. The third-order valence-electron chi connectivity index (χ3n) is 5.76. The fraction of sp³-hybridized carbons (Fsp3) is 0.667. The number of carbonyl (C=O) groups excluding carboxylic acids is 1. The SMILES string of the molecule is CCN(CC)c1ccc(C2SCCN2C(=O)CCC2CCCC2)cc1. The maximum Gasteiger partial charge on any atom is 0.223 e. The van der Waals surface area contributed by atoms with Gasteiger partial charge in [0, 0.05) is 37.5 Å². The van der Waals surface area contributed by atoms with Crippen molar-refractivity contribution in [1.82, 2.24) is 4.90 Å². The van der Waals surface area contributed by atoms with E-state index in [1.54, 1.807) is 0 Å². The van der Waals surface area contributed by atoms with Gasteiger partial charge in [0.1, 0.15) is 5.37 Å². The van der Waals surface area contributed by atoms with Crippen LogP contribution in [0.4, 0.5) is 5.69 Å². The number of benzene rings is 1. The molecule has 1 heterocycles. The molecule has 1 aliphatic carbocycles. The molecule has 1 aromatic carbocycles. The van der Waals surface area contributed by atoms with Crippen molar-refractivity contribution in [1.29, 1.82) is 0 Å². The van der Waals surface area contributed by atoms with Gasteiger partial charge >= 0.3 is 0 Å². The van der Waals surface area contributed by atoms with E-state index >= 15 is 0 Å². The Morgan fingerprint density at radius 1 is 1.16 bits per heavy atom. The summed E-state index contributed by atoms with van der Waals surface area (Å²) in [5, 5.41) is 0.210. The molecule has 0 aromatic heterocycles. The molecule has 1 saturated heterocycles. The quantitative estimate of drug-likeness (QED) is 0.677. The van der Waals surface area contributed by atoms with Crippen LogP contribution in [0.2, 0.25) is 0 Å². The molecule has 1 saturated carbocycles. The van der Waals surface area contributed by atoms with E-state index in [2.05, 4.69) is 47.9 Å². The zero-order valence-electron chi connectivity index (χ0n) is 15.7. The van der Waals surface area contributed by atoms with Crippen LogP contribution in [0.25, 0.3) is 0 Å². The number of hydrogen-bond acceptors (Lipinski definition) is 3. The van der Waals surface area contributed by atoms with E-state index in [-0.39, 0.29) is 5.37 Å². The molecular formula is C21H32N2OS. The summed E-state index contributed by atoms with van der Waals surface area (Å²) in [5.74, 6) is 2.21. The Kier molecular flexibility index (Phi) is 6.69. The number of carbonyl (C=O) groups is 1. The number of hydrogen-bond donors (Lipinski definition) is 0. The van der Waals surface area contributed by atoms with E-state index < -0.39 is 0 Å². The topological polar surface area (TPSA) is 23.6 Å². The molecular weight excluding hydrogens is 328 g/mol. The maximum absolute atomic E-state index is 12.8. The maximum atomic E-state index is 12.8. The second kappa shape index (κ2) is 8.98. The summed E-state index contributed by atoms with van der Waals surface area (Å²) in [6, 6.07) is 8.85. The van der Waals surface area contributed by atoms with Gasteiger partial charge in [-0.25, -0.2) is 0 Å². The molecule has 0 bridgehead atoms. The third-order valence-corrected chi connectivity index (χ3v) is 7.02. The number of nitrogens with zero attached hydrogens (tertiary/aromatic N) is 2. The van der Waals surface area contributed by atoms with E-state index in [4.69, 9.17) is 0 Å². The largest absolute Gasteiger partial charge is 0.372 e. The minimum atomic E-state index is 0.210. The average molecular weight is 361 g/mol. The van der Waals surface area contributed by atoms with Crippen molar-refractivity contribution < 1.29 is 4.79 Å². The molecule has 138 valence electrons. The Balaban J connectivity index is 1.61. The summed E-state index contributed by atoms with van der Waals surface area (Å²) in [4.78, 5) is 17.2. The fourth-order valence-electron chi connectivity index (χ4n) is 4.21. The van der Waals surface area contributed by atoms with Gasteiger partial charge in [0.2, 0.25) is 5.91 Å². The predicted molar refractivity (Wildman–Crippen MR) is 108 cm³/mol. The van der Waals surface area contributed by atoms with Gasteiger partial charge in [-0.15, -0.1) is 11.8 Å². The van der Waals surface area contributed by atoms with Gasteiger partial charge in [0.05, 0.1) is 0 Å². The van der Waals surface area contributed by atoms with E-state index in [0.29, 0.717) is 5.91 Å². The molecule has 3 rings (SSSR count). The highest BCUT2D eigenvalue weighted by Crippen LogP contribution is 2.39. The molecule has 4 heteroatoms. The minimum absolute atomic E-state index is 0.210. The molecule has 1 aromatic rings. The van der Waals surface area contributed by atoms with E-state index in [1.807, 2.05) is 11.8 Å². The molecule has 25 heavy (non-hydrogen) atoms.